The van der Waals surface area contributed by atoms with Crippen molar-refractivity contribution in [2.24, 2.45) is 0 Å². The number of carbonyl (C=O) groups excluding carboxylic acids is 2. The summed E-state index contributed by atoms with van der Waals surface area (Å²) in [5.74, 6) is 2.55. The average molecular weight is 505 g/mol. The second-order valence-electron chi connectivity index (χ2n) is 9.18. The molecule has 0 N–H and O–H groups in total. The van der Waals surface area contributed by atoms with Crippen LogP contribution >= 0.6 is 11.6 Å². The molecule has 1 unspecified atom stereocenters. The van der Waals surface area contributed by atoms with E-state index in [1.807, 2.05) is 70.4 Å². The van der Waals surface area contributed by atoms with Gasteiger partial charge < -0.3 is 4.57 Å². The highest BCUT2D eigenvalue weighted by atomic mass is 35.5. The minimum atomic E-state index is -1.59. The van der Waals surface area contributed by atoms with Gasteiger partial charge in [-0.1, -0.05) is 41.8 Å². The van der Waals surface area contributed by atoms with Crippen molar-refractivity contribution in [2.75, 3.05) is 16.3 Å². The van der Waals surface area contributed by atoms with Crippen LogP contribution in [0.15, 0.2) is 89.9 Å². The Hall–Kier alpha value is -4.52. The highest BCUT2D eigenvalue weighted by molar-refractivity contribution is 6.31. The molecule has 3 heterocycles. The van der Waals surface area contributed by atoms with Crippen molar-refractivity contribution in [1.29, 1.82) is 5.26 Å². The predicted molar refractivity (Wildman–Crippen MR) is 142 cm³/mol. The number of allylic oxidation sites excluding steroid dienone is 1. The fourth-order valence-electron chi connectivity index (χ4n) is 5.94. The van der Waals surface area contributed by atoms with Gasteiger partial charge in [0.25, 0.3) is 0 Å². The van der Waals surface area contributed by atoms with Gasteiger partial charge in [-0.25, -0.2) is 0 Å². The standard InChI is InChI=1S/C30H21ClN4O2/c1-2-15-34-24-12-4-3-11-22(24)30(29(34)37)23(19-32)28(33-16-5-6-17-33)35(21-10-7-9-20(31)18-21)25-13-8-14-26(36)27(25)30/h1,3-7,9-12,16-18H,8,13-15H2. The molecule has 3 aliphatic rings. The van der Waals surface area contributed by atoms with E-state index in [1.165, 1.54) is 4.90 Å². The SMILES string of the molecule is C#CCN1C(=O)C2(C(C#N)=C(n3cccc3)N(c3cccc(Cl)c3)C3=C2C(=O)CCC3)c2ccccc21. The first-order valence-corrected chi connectivity index (χ1v) is 12.4. The zero-order valence-corrected chi connectivity index (χ0v) is 20.6. The molecule has 2 aliphatic heterocycles. The maximum Gasteiger partial charge on any atom is 0.248 e. The Kier molecular flexibility index (Phi) is 5.30. The summed E-state index contributed by atoms with van der Waals surface area (Å²) in [5, 5.41) is 11.3. The number of fused-ring (bicyclic) bond motifs is 3. The maximum absolute atomic E-state index is 14.5. The summed E-state index contributed by atoms with van der Waals surface area (Å²) in [7, 11) is 0. The third-order valence-electron chi connectivity index (χ3n) is 7.28. The molecule has 3 aromatic rings. The molecule has 1 spiro atoms. The first-order valence-electron chi connectivity index (χ1n) is 12.0. The second kappa shape index (κ2) is 8.55. The largest absolute Gasteiger partial charge is 0.309 e. The predicted octanol–water partition coefficient (Wildman–Crippen LogP) is 5.28. The lowest BCUT2D eigenvalue weighted by atomic mass is 9.63. The minimum absolute atomic E-state index is 0.0317. The fraction of sp³-hybridized carbons (Fsp3) is 0.167. The van der Waals surface area contributed by atoms with Gasteiger partial charge in [-0.05, 0) is 49.2 Å². The average Bonchev–Trinajstić information content (AvgIpc) is 3.52. The Labute approximate surface area is 219 Å². The number of para-hydroxylation sites is 1. The lowest BCUT2D eigenvalue weighted by molar-refractivity contribution is -0.124. The maximum atomic E-state index is 14.5. The third-order valence-corrected chi connectivity index (χ3v) is 7.52. The van der Waals surface area contributed by atoms with E-state index in [0.29, 0.717) is 58.3 Å². The summed E-state index contributed by atoms with van der Waals surface area (Å²) in [5.41, 5.74) is 1.56. The number of halogens is 1. The molecule has 1 amide bonds. The molecule has 6 rings (SSSR count). The molecule has 0 fully saturated rings. The highest BCUT2D eigenvalue weighted by Gasteiger charge is 2.62. The quantitative estimate of drug-likeness (QED) is 0.455. The van der Waals surface area contributed by atoms with Crippen LogP contribution in [0, 0.1) is 23.7 Å². The smallest absolute Gasteiger partial charge is 0.248 e. The molecular weight excluding hydrogens is 484 g/mol. The van der Waals surface area contributed by atoms with E-state index in [2.05, 4.69) is 12.0 Å². The molecule has 0 saturated carbocycles. The normalized spacial score (nSPS) is 20.7. The summed E-state index contributed by atoms with van der Waals surface area (Å²) < 4.78 is 1.82. The number of hydrogen-bond donors (Lipinski definition) is 0. The summed E-state index contributed by atoms with van der Waals surface area (Å²) in [6.45, 7) is 0.0317. The molecule has 37 heavy (non-hydrogen) atoms. The number of benzene rings is 2. The van der Waals surface area contributed by atoms with Crippen molar-refractivity contribution in [3.63, 3.8) is 0 Å². The summed E-state index contributed by atoms with van der Waals surface area (Å²) in [4.78, 5) is 31.8. The van der Waals surface area contributed by atoms with Gasteiger partial charge in [0.05, 0.1) is 12.1 Å². The lowest BCUT2D eigenvalue weighted by Crippen LogP contribution is -2.51. The molecule has 1 aliphatic carbocycles. The van der Waals surface area contributed by atoms with Crippen molar-refractivity contribution in [2.45, 2.75) is 24.7 Å². The number of carbonyl (C=O) groups is 2. The van der Waals surface area contributed by atoms with E-state index in [-0.39, 0.29) is 23.8 Å². The van der Waals surface area contributed by atoms with Gasteiger partial charge in [-0.15, -0.1) is 6.42 Å². The van der Waals surface area contributed by atoms with Crippen molar-refractivity contribution in [3.05, 3.63) is 100 Å². The van der Waals surface area contributed by atoms with Crippen molar-refractivity contribution >= 4 is 40.5 Å². The third kappa shape index (κ3) is 3.06. The second-order valence-corrected chi connectivity index (χ2v) is 9.61. The minimum Gasteiger partial charge on any atom is -0.309 e. The molecular formula is C30H21ClN4O2. The number of nitriles is 1. The van der Waals surface area contributed by atoms with Crippen LogP contribution < -0.4 is 9.80 Å². The van der Waals surface area contributed by atoms with Gasteiger partial charge in [0.15, 0.2) is 5.78 Å². The van der Waals surface area contributed by atoms with E-state index in [4.69, 9.17) is 18.0 Å². The van der Waals surface area contributed by atoms with E-state index in [1.54, 1.807) is 12.1 Å². The molecule has 180 valence electrons. The number of terminal acetylenes is 1. The zero-order chi connectivity index (χ0) is 25.7. The first-order chi connectivity index (χ1) is 18.0. The topological polar surface area (TPSA) is 69.3 Å². The van der Waals surface area contributed by atoms with Crippen LogP contribution in [-0.2, 0) is 15.0 Å². The van der Waals surface area contributed by atoms with E-state index >= 15 is 0 Å². The fourth-order valence-corrected chi connectivity index (χ4v) is 6.13. The molecule has 1 aromatic heterocycles. The van der Waals surface area contributed by atoms with Crippen LogP contribution in [0.3, 0.4) is 0 Å². The van der Waals surface area contributed by atoms with Gasteiger partial charge in [0.1, 0.15) is 17.3 Å². The summed E-state index contributed by atoms with van der Waals surface area (Å²) >= 11 is 6.40. The summed E-state index contributed by atoms with van der Waals surface area (Å²) in [6, 6.07) is 20.7. The molecule has 0 saturated heterocycles. The Morgan fingerprint density at radius 2 is 1.81 bits per heavy atom. The van der Waals surface area contributed by atoms with Crippen molar-refractivity contribution in [3.8, 4) is 18.4 Å². The van der Waals surface area contributed by atoms with Gasteiger partial charge in [0, 0.05) is 52.0 Å². The van der Waals surface area contributed by atoms with E-state index in [9.17, 15) is 14.9 Å². The monoisotopic (exact) mass is 504 g/mol. The number of rotatable bonds is 3. The van der Waals surface area contributed by atoms with Crippen LogP contribution in [0.5, 0.6) is 0 Å². The van der Waals surface area contributed by atoms with E-state index in [0.717, 1.165) is 0 Å². The Bertz CT molecular complexity index is 1620. The number of anilines is 2. The lowest BCUT2D eigenvalue weighted by Gasteiger charge is -2.45. The van der Waals surface area contributed by atoms with Crippen molar-refractivity contribution in [1.82, 2.24) is 4.57 Å². The van der Waals surface area contributed by atoms with Gasteiger partial charge in [0.2, 0.25) is 5.91 Å². The molecule has 7 heteroatoms. The summed E-state index contributed by atoms with van der Waals surface area (Å²) in [6.07, 6.45) is 10.8. The molecule has 6 nitrogen and oxygen atoms in total. The number of aromatic nitrogens is 1. The number of Topliss-reactive ketones (excluding diaryl/α,β-unsaturated/α-hetero) is 1. The number of ketones is 1. The van der Waals surface area contributed by atoms with E-state index < -0.39 is 5.41 Å². The number of hydrogen-bond acceptors (Lipinski definition) is 4. The van der Waals surface area contributed by atoms with Crippen LogP contribution in [-0.4, -0.2) is 22.8 Å². The zero-order valence-electron chi connectivity index (χ0n) is 19.8. The Morgan fingerprint density at radius 1 is 1.03 bits per heavy atom. The Balaban J connectivity index is 1.79. The molecule has 1 atom stereocenters. The number of nitrogens with zero attached hydrogens (tertiary/aromatic N) is 4. The first kappa shape index (κ1) is 22.9. The molecule has 0 bridgehead atoms. The van der Waals surface area contributed by atoms with Crippen LogP contribution in [0.1, 0.15) is 24.8 Å². The van der Waals surface area contributed by atoms with Crippen molar-refractivity contribution < 1.29 is 9.59 Å². The number of amides is 1. The van der Waals surface area contributed by atoms with Gasteiger partial charge in [-0.3, -0.25) is 19.4 Å². The van der Waals surface area contributed by atoms with Crippen LogP contribution in [0.2, 0.25) is 5.02 Å². The Morgan fingerprint density at radius 3 is 2.54 bits per heavy atom. The van der Waals surface area contributed by atoms with Gasteiger partial charge >= 0.3 is 0 Å². The molecule has 0 radical (unpaired) electrons. The van der Waals surface area contributed by atoms with Gasteiger partial charge in [-0.2, -0.15) is 5.26 Å². The van der Waals surface area contributed by atoms with Crippen LogP contribution in [0.4, 0.5) is 11.4 Å². The van der Waals surface area contributed by atoms with Crippen LogP contribution in [0.25, 0.3) is 5.82 Å². The highest BCUT2D eigenvalue weighted by Crippen LogP contribution is 2.58. The molecule has 2 aromatic carbocycles.